The van der Waals surface area contributed by atoms with Crippen LogP contribution in [-0.2, 0) is 13.0 Å². The number of hydrogen-bond acceptors (Lipinski definition) is 1. The van der Waals surface area contributed by atoms with Crippen molar-refractivity contribution in [1.29, 1.82) is 0 Å². The van der Waals surface area contributed by atoms with Gasteiger partial charge in [-0.2, -0.15) is 0 Å². The van der Waals surface area contributed by atoms with Crippen LogP contribution in [0.5, 0.6) is 0 Å². The molecule has 0 saturated carbocycles. The van der Waals surface area contributed by atoms with Crippen molar-refractivity contribution >= 4 is 5.91 Å². The number of aryl methyl sites for hydroxylation is 1. The van der Waals surface area contributed by atoms with Gasteiger partial charge in [0.2, 0.25) is 0 Å². The summed E-state index contributed by atoms with van der Waals surface area (Å²) in [6.45, 7) is 3.35. The largest absolute Gasteiger partial charge is 0.348 e. The van der Waals surface area contributed by atoms with Crippen LogP contribution in [0.25, 0.3) is 0 Å². The molecule has 1 aliphatic rings. The first-order valence-corrected chi connectivity index (χ1v) is 8.98. The Balaban J connectivity index is 1.76. The van der Waals surface area contributed by atoms with Crippen molar-refractivity contribution in [2.75, 3.05) is 6.54 Å². The first-order valence-electron chi connectivity index (χ1n) is 8.98. The molecule has 4 rings (SSSR count). The highest BCUT2D eigenvalue weighted by Gasteiger charge is 2.34. The van der Waals surface area contributed by atoms with Gasteiger partial charge in [-0.25, -0.2) is 4.39 Å². The third kappa shape index (κ3) is 2.81. The molecule has 0 N–H and O–H groups in total. The van der Waals surface area contributed by atoms with Crippen molar-refractivity contribution in [2.45, 2.75) is 25.9 Å². The van der Waals surface area contributed by atoms with Gasteiger partial charge in [-0.15, -0.1) is 0 Å². The smallest absolute Gasteiger partial charge is 0.254 e. The fraction of sp³-hybridized carbons (Fsp3) is 0.227. The summed E-state index contributed by atoms with van der Waals surface area (Å²) in [5.41, 5.74) is 3.31. The number of fused-ring (bicyclic) bond motifs is 1. The van der Waals surface area contributed by atoms with E-state index in [-0.39, 0.29) is 11.7 Å². The third-order valence-electron chi connectivity index (χ3n) is 5.11. The molecule has 1 unspecified atom stereocenters. The molecule has 4 heteroatoms. The molecule has 1 amide bonds. The summed E-state index contributed by atoms with van der Waals surface area (Å²) < 4.78 is 16.7. The molecule has 0 bridgehead atoms. The van der Waals surface area contributed by atoms with Gasteiger partial charge in [-0.05, 0) is 42.3 Å². The number of halogens is 1. The lowest BCUT2D eigenvalue weighted by molar-refractivity contribution is 0.0661. The standard InChI is InChI=1S/C22H21FN2O/c1-2-16-9-11-17(12-10-16)22(26)25-15-14-24-13-5-8-20(24)21(25)18-6-3-4-7-19(18)23/h3-13,21H,2,14-15H2,1H3. The van der Waals surface area contributed by atoms with Crippen molar-refractivity contribution in [3.8, 4) is 0 Å². The summed E-state index contributed by atoms with van der Waals surface area (Å²) >= 11 is 0. The number of nitrogens with zero attached hydrogens (tertiary/aromatic N) is 2. The molecule has 0 radical (unpaired) electrons. The maximum absolute atomic E-state index is 14.6. The van der Waals surface area contributed by atoms with E-state index >= 15 is 0 Å². The van der Waals surface area contributed by atoms with Crippen LogP contribution in [-0.4, -0.2) is 21.9 Å². The average molecular weight is 348 g/mol. The zero-order valence-corrected chi connectivity index (χ0v) is 14.7. The van der Waals surface area contributed by atoms with Crippen LogP contribution in [0.4, 0.5) is 4.39 Å². The van der Waals surface area contributed by atoms with Crippen molar-refractivity contribution < 1.29 is 9.18 Å². The molecule has 1 aliphatic heterocycles. The van der Waals surface area contributed by atoms with Crippen LogP contribution in [0.2, 0.25) is 0 Å². The second-order valence-corrected chi connectivity index (χ2v) is 6.60. The van der Waals surface area contributed by atoms with Crippen LogP contribution in [0.1, 0.15) is 40.1 Å². The fourth-order valence-electron chi connectivity index (χ4n) is 3.68. The van der Waals surface area contributed by atoms with Crippen molar-refractivity contribution in [3.63, 3.8) is 0 Å². The van der Waals surface area contributed by atoms with E-state index < -0.39 is 6.04 Å². The molecular formula is C22H21FN2O. The van der Waals surface area contributed by atoms with Gasteiger partial charge in [-0.1, -0.05) is 37.3 Å². The fourth-order valence-corrected chi connectivity index (χ4v) is 3.68. The average Bonchev–Trinajstić information content (AvgIpc) is 3.16. The van der Waals surface area contributed by atoms with E-state index in [0.29, 0.717) is 24.2 Å². The van der Waals surface area contributed by atoms with Crippen LogP contribution in [0.3, 0.4) is 0 Å². The first-order chi connectivity index (χ1) is 12.7. The molecule has 1 atom stereocenters. The number of rotatable bonds is 3. The summed E-state index contributed by atoms with van der Waals surface area (Å²) in [7, 11) is 0. The van der Waals surface area contributed by atoms with Gasteiger partial charge < -0.3 is 9.47 Å². The Morgan fingerprint density at radius 3 is 2.54 bits per heavy atom. The van der Waals surface area contributed by atoms with E-state index in [1.54, 1.807) is 17.0 Å². The molecule has 132 valence electrons. The predicted octanol–water partition coefficient (Wildman–Crippen LogP) is 4.44. The number of carbonyl (C=O) groups is 1. The zero-order chi connectivity index (χ0) is 18.1. The molecular weight excluding hydrogens is 327 g/mol. The number of hydrogen-bond donors (Lipinski definition) is 0. The Bertz CT molecular complexity index is 929. The Kier molecular flexibility index (Phi) is 4.33. The Hall–Kier alpha value is -2.88. The molecule has 2 aromatic carbocycles. The van der Waals surface area contributed by atoms with Gasteiger partial charge >= 0.3 is 0 Å². The van der Waals surface area contributed by atoms with Crippen LogP contribution >= 0.6 is 0 Å². The van der Waals surface area contributed by atoms with E-state index in [0.717, 1.165) is 12.1 Å². The summed E-state index contributed by atoms with van der Waals surface area (Å²) in [4.78, 5) is 15.0. The second-order valence-electron chi connectivity index (χ2n) is 6.60. The summed E-state index contributed by atoms with van der Waals surface area (Å²) in [5, 5.41) is 0. The number of carbonyl (C=O) groups excluding carboxylic acids is 1. The second kappa shape index (κ2) is 6.79. The summed E-state index contributed by atoms with van der Waals surface area (Å²) in [5.74, 6) is -0.348. The lowest BCUT2D eigenvalue weighted by Crippen LogP contribution is -2.42. The Morgan fingerprint density at radius 2 is 1.81 bits per heavy atom. The lowest BCUT2D eigenvalue weighted by atomic mass is 9.98. The molecule has 0 saturated heterocycles. The van der Waals surface area contributed by atoms with E-state index in [4.69, 9.17) is 0 Å². The van der Waals surface area contributed by atoms with Gasteiger partial charge in [0.15, 0.2) is 0 Å². The maximum Gasteiger partial charge on any atom is 0.254 e. The molecule has 26 heavy (non-hydrogen) atoms. The van der Waals surface area contributed by atoms with Gasteiger partial charge in [-0.3, -0.25) is 4.79 Å². The van der Waals surface area contributed by atoms with Gasteiger partial charge in [0.1, 0.15) is 11.9 Å². The highest BCUT2D eigenvalue weighted by molar-refractivity contribution is 5.94. The van der Waals surface area contributed by atoms with Gasteiger partial charge in [0, 0.05) is 36.1 Å². The topological polar surface area (TPSA) is 25.2 Å². The monoisotopic (exact) mass is 348 g/mol. The van der Waals surface area contributed by atoms with Crippen molar-refractivity contribution in [1.82, 2.24) is 9.47 Å². The van der Waals surface area contributed by atoms with Crippen LogP contribution in [0.15, 0.2) is 66.9 Å². The van der Waals surface area contributed by atoms with Crippen LogP contribution in [0, 0.1) is 5.82 Å². The quantitative estimate of drug-likeness (QED) is 0.687. The number of amides is 1. The molecule has 2 heterocycles. The normalized spacial score (nSPS) is 16.4. The van der Waals surface area contributed by atoms with Gasteiger partial charge in [0.25, 0.3) is 5.91 Å². The van der Waals surface area contributed by atoms with E-state index in [2.05, 4.69) is 11.5 Å². The number of aromatic nitrogens is 1. The maximum atomic E-state index is 14.6. The highest BCUT2D eigenvalue weighted by atomic mass is 19.1. The third-order valence-corrected chi connectivity index (χ3v) is 5.11. The minimum atomic E-state index is -0.418. The number of benzene rings is 2. The van der Waals surface area contributed by atoms with E-state index in [9.17, 15) is 9.18 Å². The van der Waals surface area contributed by atoms with Crippen LogP contribution < -0.4 is 0 Å². The van der Waals surface area contributed by atoms with Crippen molar-refractivity contribution in [2.24, 2.45) is 0 Å². The zero-order valence-electron chi connectivity index (χ0n) is 14.7. The van der Waals surface area contributed by atoms with E-state index in [1.807, 2.05) is 48.7 Å². The minimum absolute atomic E-state index is 0.0617. The molecule has 0 aliphatic carbocycles. The summed E-state index contributed by atoms with van der Waals surface area (Å²) in [6.07, 6.45) is 2.92. The molecule has 0 spiro atoms. The molecule has 3 nitrogen and oxygen atoms in total. The Morgan fingerprint density at radius 1 is 1.04 bits per heavy atom. The lowest BCUT2D eigenvalue weighted by Gasteiger charge is -2.37. The van der Waals surface area contributed by atoms with E-state index in [1.165, 1.54) is 11.6 Å². The predicted molar refractivity (Wildman–Crippen MR) is 99.5 cm³/mol. The molecule has 0 fully saturated rings. The minimum Gasteiger partial charge on any atom is -0.348 e. The van der Waals surface area contributed by atoms with Crippen molar-refractivity contribution in [3.05, 3.63) is 95.1 Å². The molecule has 3 aromatic rings. The first kappa shape index (κ1) is 16.6. The SMILES string of the molecule is CCc1ccc(C(=O)N2CCn3cccc3C2c2ccccc2F)cc1. The summed E-state index contributed by atoms with van der Waals surface area (Å²) in [6, 6.07) is 17.9. The highest BCUT2D eigenvalue weighted by Crippen LogP contribution is 2.34. The Labute approximate surface area is 152 Å². The van der Waals surface area contributed by atoms with Gasteiger partial charge in [0.05, 0.1) is 0 Å². The molecule has 1 aromatic heterocycles.